The summed E-state index contributed by atoms with van der Waals surface area (Å²) < 4.78 is 6.31. The quantitative estimate of drug-likeness (QED) is 0.550. The summed E-state index contributed by atoms with van der Waals surface area (Å²) >= 11 is 1.36. The zero-order valence-electron chi connectivity index (χ0n) is 16.7. The van der Waals surface area contributed by atoms with Crippen molar-refractivity contribution in [3.05, 3.63) is 41.5 Å². The fourth-order valence-corrected chi connectivity index (χ4v) is 4.73. The summed E-state index contributed by atoms with van der Waals surface area (Å²) in [6, 6.07) is 4.95. The molecule has 1 aliphatic rings. The minimum atomic E-state index is -0.962. The number of amides is 1. The Balaban J connectivity index is 1.48. The van der Waals surface area contributed by atoms with Crippen LogP contribution >= 0.6 is 11.3 Å². The third-order valence-corrected chi connectivity index (χ3v) is 6.47. The Bertz CT molecular complexity index is 1080. The maximum absolute atomic E-state index is 12.5. The molecule has 2 atom stereocenters. The number of nitrogens with one attached hydrogen (secondary N) is 2. The first-order chi connectivity index (χ1) is 14.5. The highest BCUT2D eigenvalue weighted by molar-refractivity contribution is 7.22. The molecule has 1 saturated heterocycles. The molecule has 0 aliphatic carbocycles. The summed E-state index contributed by atoms with van der Waals surface area (Å²) in [6.07, 6.45) is 2.90. The van der Waals surface area contributed by atoms with Gasteiger partial charge in [0.25, 0.3) is 5.91 Å². The summed E-state index contributed by atoms with van der Waals surface area (Å²) in [6.45, 7) is 3.21. The molecule has 1 amide bonds. The van der Waals surface area contributed by atoms with Crippen molar-refractivity contribution in [3.8, 4) is 0 Å². The third-order valence-electron chi connectivity index (χ3n) is 5.31. The van der Waals surface area contributed by atoms with Gasteiger partial charge in [-0.15, -0.1) is 0 Å². The van der Waals surface area contributed by atoms with Crippen molar-refractivity contribution in [2.75, 3.05) is 25.1 Å². The SMILES string of the molecule is CCc1cnc(C(=O)N[C@@H]2CCN(c3nc4cccc(C(=O)O)c4s3)C[C@@H]2OC)[nH]1. The second-order valence-corrected chi connectivity index (χ2v) is 8.13. The number of thiazole rings is 1. The van der Waals surface area contributed by atoms with E-state index in [0.29, 0.717) is 35.6 Å². The van der Waals surface area contributed by atoms with Gasteiger partial charge in [-0.05, 0) is 25.0 Å². The molecule has 4 rings (SSSR count). The zero-order valence-corrected chi connectivity index (χ0v) is 17.5. The van der Waals surface area contributed by atoms with Gasteiger partial charge >= 0.3 is 5.97 Å². The smallest absolute Gasteiger partial charge is 0.337 e. The highest BCUT2D eigenvalue weighted by atomic mass is 32.1. The third kappa shape index (κ3) is 3.88. The molecule has 9 nitrogen and oxygen atoms in total. The Morgan fingerprint density at radius 3 is 2.97 bits per heavy atom. The van der Waals surface area contributed by atoms with Gasteiger partial charge in [0.05, 0.1) is 27.9 Å². The fraction of sp³-hybridized carbons (Fsp3) is 0.400. The summed E-state index contributed by atoms with van der Waals surface area (Å²) in [5.74, 6) is -0.908. The van der Waals surface area contributed by atoms with E-state index in [9.17, 15) is 14.7 Å². The van der Waals surface area contributed by atoms with Crippen LogP contribution in [0.2, 0.25) is 0 Å². The van der Waals surface area contributed by atoms with Crippen LogP contribution in [-0.4, -0.2) is 64.3 Å². The summed E-state index contributed by atoms with van der Waals surface area (Å²) in [7, 11) is 1.62. The van der Waals surface area contributed by atoms with Crippen molar-refractivity contribution >= 4 is 38.6 Å². The van der Waals surface area contributed by atoms with Gasteiger partial charge in [0.15, 0.2) is 11.0 Å². The number of hydrogen-bond acceptors (Lipinski definition) is 7. The van der Waals surface area contributed by atoms with Crippen LogP contribution in [0.5, 0.6) is 0 Å². The number of rotatable bonds is 6. The number of piperidine rings is 1. The number of fused-ring (bicyclic) bond motifs is 1. The van der Waals surface area contributed by atoms with Gasteiger partial charge in [0.2, 0.25) is 0 Å². The number of methoxy groups -OCH3 is 1. The van der Waals surface area contributed by atoms with Crippen LogP contribution in [0.15, 0.2) is 24.4 Å². The maximum Gasteiger partial charge on any atom is 0.337 e. The maximum atomic E-state index is 12.5. The van der Waals surface area contributed by atoms with Crippen molar-refractivity contribution < 1.29 is 19.4 Å². The standard InChI is InChI=1S/C20H23N5O4S/c1-3-11-9-21-17(22-11)18(26)23-13-7-8-25(10-15(13)29-2)20-24-14-6-4-5-12(19(27)28)16(14)30-20/h4-6,9,13,15H,3,7-8,10H2,1-2H3,(H,21,22)(H,23,26)(H,27,28)/t13-,15+/m1/s1. The predicted molar refractivity (Wildman–Crippen MR) is 113 cm³/mol. The molecule has 30 heavy (non-hydrogen) atoms. The number of carboxylic acids is 1. The summed E-state index contributed by atoms with van der Waals surface area (Å²) in [4.78, 5) is 37.9. The number of aryl methyl sites for hydroxylation is 1. The molecule has 158 valence electrons. The Labute approximate surface area is 177 Å². The molecule has 0 bridgehead atoms. The van der Waals surface area contributed by atoms with Crippen molar-refractivity contribution in [2.45, 2.75) is 31.9 Å². The predicted octanol–water partition coefficient (Wildman–Crippen LogP) is 2.30. The highest BCUT2D eigenvalue weighted by Gasteiger charge is 2.32. The number of aromatic carboxylic acids is 1. The first-order valence-corrected chi connectivity index (χ1v) is 10.6. The van der Waals surface area contributed by atoms with E-state index < -0.39 is 5.97 Å². The van der Waals surface area contributed by atoms with E-state index >= 15 is 0 Å². The lowest BCUT2D eigenvalue weighted by Gasteiger charge is -2.37. The molecule has 0 unspecified atom stereocenters. The van der Waals surface area contributed by atoms with Crippen molar-refractivity contribution in [1.82, 2.24) is 20.3 Å². The van der Waals surface area contributed by atoms with E-state index in [0.717, 1.165) is 17.2 Å². The lowest BCUT2D eigenvalue weighted by atomic mass is 10.0. The van der Waals surface area contributed by atoms with E-state index in [1.165, 1.54) is 11.3 Å². The van der Waals surface area contributed by atoms with Crippen molar-refractivity contribution in [3.63, 3.8) is 0 Å². The Hall–Kier alpha value is -2.98. The molecule has 2 aromatic heterocycles. The van der Waals surface area contributed by atoms with Crippen molar-refractivity contribution in [2.24, 2.45) is 0 Å². The van der Waals surface area contributed by atoms with Crippen molar-refractivity contribution in [1.29, 1.82) is 0 Å². The molecule has 1 aliphatic heterocycles. The topological polar surface area (TPSA) is 120 Å². The molecular formula is C20H23N5O4S. The average Bonchev–Trinajstić information content (AvgIpc) is 3.40. The second-order valence-electron chi connectivity index (χ2n) is 7.15. The fourth-order valence-electron chi connectivity index (χ4n) is 3.63. The van der Waals surface area contributed by atoms with Crippen LogP contribution in [0.1, 0.15) is 40.0 Å². The second kappa shape index (κ2) is 8.41. The number of ether oxygens (including phenoxy) is 1. The minimum absolute atomic E-state index is 0.155. The lowest BCUT2D eigenvalue weighted by molar-refractivity contribution is 0.0538. The van der Waals surface area contributed by atoms with E-state index in [1.807, 2.05) is 13.0 Å². The Morgan fingerprint density at radius 1 is 1.43 bits per heavy atom. The van der Waals surface area contributed by atoms with Crippen LogP contribution in [0, 0.1) is 0 Å². The van der Waals surface area contributed by atoms with E-state index in [-0.39, 0.29) is 23.6 Å². The van der Waals surface area contributed by atoms with Crippen LogP contribution in [0.3, 0.4) is 0 Å². The number of anilines is 1. The highest BCUT2D eigenvalue weighted by Crippen LogP contribution is 2.33. The number of carbonyl (C=O) groups excluding carboxylic acids is 1. The molecule has 3 aromatic rings. The van der Waals surface area contributed by atoms with Gasteiger partial charge in [0.1, 0.15) is 0 Å². The first kappa shape index (κ1) is 20.3. The van der Waals surface area contributed by atoms with Gasteiger partial charge in [-0.1, -0.05) is 24.3 Å². The largest absolute Gasteiger partial charge is 0.478 e. The normalized spacial score (nSPS) is 19.2. The molecule has 3 N–H and O–H groups in total. The molecule has 0 spiro atoms. The van der Waals surface area contributed by atoms with Gasteiger partial charge in [-0.2, -0.15) is 0 Å². The molecule has 10 heteroatoms. The van der Waals surface area contributed by atoms with Gasteiger partial charge in [-0.25, -0.2) is 14.8 Å². The number of carboxylic acid groups (broad SMARTS) is 1. The molecule has 0 radical (unpaired) electrons. The zero-order chi connectivity index (χ0) is 21.3. The molecule has 1 fully saturated rings. The van der Waals surface area contributed by atoms with E-state index in [1.54, 1.807) is 25.4 Å². The molecule has 1 aromatic carbocycles. The monoisotopic (exact) mass is 429 g/mol. The van der Waals surface area contributed by atoms with E-state index in [2.05, 4.69) is 25.2 Å². The Morgan fingerprint density at radius 2 is 2.27 bits per heavy atom. The van der Waals surface area contributed by atoms with Gasteiger partial charge < -0.3 is 25.0 Å². The van der Waals surface area contributed by atoms with Crippen LogP contribution in [-0.2, 0) is 11.2 Å². The number of nitrogens with zero attached hydrogens (tertiary/aromatic N) is 3. The number of hydrogen-bond donors (Lipinski definition) is 3. The molecule has 0 saturated carbocycles. The number of H-pyrrole nitrogens is 1. The number of carbonyl (C=O) groups is 2. The van der Waals surface area contributed by atoms with Gasteiger partial charge in [-0.3, -0.25) is 4.79 Å². The van der Waals surface area contributed by atoms with Gasteiger partial charge in [0, 0.05) is 32.1 Å². The van der Waals surface area contributed by atoms with Crippen LogP contribution in [0.25, 0.3) is 10.2 Å². The van der Waals surface area contributed by atoms with Crippen LogP contribution < -0.4 is 10.2 Å². The average molecular weight is 430 g/mol. The molecule has 3 heterocycles. The number of aromatic amines is 1. The van der Waals surface area contributed by atoms with E-state index in [4.69, 9.17) is 4.74 Å². The molecular weight excluding hydrogens is 406 g/mol. The summed E-state index contributed by atoms with van der Waals surface area (Å²) in [5.41, 5.74) is 1.84. The Kier molecular flexibility index (Phi) is 5.69. The summed E-state index contributed by atoms with van der Waals surface area (Å²) in [5, 5.41) is 13.2. The van der Waals surface area contributed by atoms with Crippen LogP contribution in [0.4, 0.5) is 5.13 Å². The number of aromatic nitrogens is 3. The first-order valence-electron chi connectivity index (χ1n) is 9.75. The number of imidazole rings is 1. The lowest BCUT2D eigenvalue weighted by Crippen LogP contribution is -2.55. The number of benzene rings is 1. The minimum Gasteiger partial charge on any atom is -0.478 e.